The molecule has 0 amide bonds. The normalized spacial score (nSPS) is 10.0. The van der Waals surface area contributed by atoms with Crippen LogP contribution in [0.2, 0.25) is 0 Å². The first-order valence-electron chi connectivity index (χ1n) is 5.45. The molecule has 0 radical (unpaired) electrons. The second-order valence-corrected chi connectivity index (χ2v) is 3.30. The van der Waals surface area contributed by atoms with Crippen LogP contribution < -0.4 is 0 Å². The SMILES string of the molecule is CCCOCCC(=O)CC(=O)OCCC. The van der Waals surface area contributed by atoms with Crippen molar-refractivity contribution in [3.63, 3.8) is 0 Å². The Balaban J connectivity index is 3.43. The molecular formula is C11H20O4. The van der Waals surface area contributed by atoms with Crippen LogP contribution in [0.25, 0.3) is 0 Å². The number of esters is 1. The van der Waals surface area contributed by atoms with Crippen LogP contribution in [-0.2, 0) is 19.1 Å². The van der Waals surface area contributed by atoms with Gasteiger partial charge in [-0.05, 0) is 12.8 Å². The fourth-order valence-electron chi connectivity index (χ4n) is 0.949. The van der Waals surface area contributed by atoms with E-state index in [1.165, 1.54) is 0 Å². The maximum absolute atomic E-state index is 11.2. The quantitative estimate of drug-likeness (QED) is 0.334. The van der Waals surface area contributed by atoms with Gasteiger partial charge in [0.2, 0.25) is 0 Å². The summed E-state index contributed by atoms with van der Waals surface area (Å²) in [5.74, 6) is -0.551. The number of Topliss-reactive ketones (excluding diaryl/α,β-unsaturated/α-hetero) is 1. The first kappa shape index (κ1) is 14.1. The number of hydrogen-bond donors (Lipinski definition) is 0. The lowest BCUT2D eigenvalue weighted by Gasteiger charge is -2.03. The Kier molecular flexibility index (Phi) is 9.07. The van der Waals surface area contributed by atoms with Gasteiger partial charge in [0, 0.05) is 13.0 Å². The number of rotatable bonds is 9. The maximum Gasteiger partial charge on any atom is 0.313 e. The minimum atomic E-state index is -0.433. The van der Waals surface area contributed by atoms with E-state index in [0.29, 0.717) is 26.2 Å². The molecule has 0 aromatic rings. The highest BCUT2D eigenvalue weighted by Crippen LogP contribution is 1.95. The van der Waals surface area contributed by atoms with Crippen LogP contribution in [0, 0.1) is 0 Å². The Hall–Kier alpha value is -0.900. The highest BCUT2D eigenvalue weighted by Gasteiger charge is 2.09. The van der Waals surface area contributed by atoms with Gasteiger partial charge in [0.15, 0.2) is 0 Å². The summed E-state index contributed by atoms with van der Waals surface area (Å²) in [6, 6.07) is 0. The predicted molar refractivity (Wildman–Crippen MR) is 56.6 cm³/mol. The molecule has 88 valence electrons. The van der Waals surface area contributed by atoms with Gasteiger partial charge in [-0.3, -0.25) is 9.59 Å². The average Bonchev–Trinajstić information content (AvgIpc) is 2.21. The molecule has 0 aromatic carbocycles. The molecular weight excluding hydrogens is 196 g/mol. The Bertz CT molecular complexity index is 189. The van der Waals surface area contributed by atoms with E-state index in [2.05, 4.69) is 0 Å². The molecule has 0 heterocycles. The molecule has 0 aliphatic rings. The topological polar surface area (TPSA) is 52.6 Å². The van der Waals surface area contributed by atoms with E-state index in [9.17, 15) is 9.59 Å². The monoisotopic (exact) mass is 216 g/mol. The van der Waals surface area contributed by atoms with Crippen LogP contribution >= 0.6 is 0 Å². The third kappa shape index (κ3) is 9.41. The number of ether oxygens (including phenoxy) is 2. The van der Waals surface area contributed by atoms with Crippen LogP contribution in [0.1, 0.15) is 39.5 Å². The molecule has 15 heavy (non-hydrogen) atoms. The third-order valence-electron chi connectivity index (χ3n) is 1.68. The lowest BCUT2D eigenvalue weighted by molar-refractivity contribution is -0.146. The number of carbonyl (C=O) groups is 2. The highest BCUT2D eigenvalue weighted by atomic mass is 16.5. The van der Waals surface area contributed by atoms with Crippen molar-refractivity contribution in [1.29, 1.82) is 0 Å². The van der Waals surface area contributed by atoms with Crippen LogP contribution in [0.5, 0.6) is 0 Å². The number of carbonyl (C=O) groups excluding carboxylic acids is 2. The molecule has 0 saturated heterocycles. The van der Waals surface area contributed by atoms with Crippen molar-refractivity contribution in [3.05, 3.63) is 0 Å². The van der Waals surface area contributed by atoms with Gasteiger partial charge in [0.25, 0.3) is 0 Å². The molecule has 4 heteroatoms. The molecule has 0 unspecified atom stereocenters. The maximum atomic E-state index is 11.2. The van der Waals surface area contributed by atoms with E-state index in [0.717, 1.165) is 12.8 Å². The van der Waals surface area contributed by atoms with Gasteiger partial charge in [-0.1, -0.05) is 13.8 Å². The van der Waals surface area contributed by atoms with Gasteiger partial charge in [0.05, 0.1) is 13.2 Å². The van der Waals surface area contributed by atoms with E-state index in [1.807, 2.05) is 13.8 Å². The molecule has 0 aliphatic heterocycles. The molecule has 0 rings (SSSR count). The summed E-state index contributed by atoms with van der Waals surface area (Å²) in [6.07, 6.45) is 1.88. The van der Waals surface area contributed by atoms with Gasteiger partial charge in [-0.25, -0.2) is 0 Å². The van der Waals surface area contributed by atoms with E-state index >= 15 is 0 Å². The van der Waals surface area contributed by atoms with Gasteiger partial charge in [-0.2, -0.15) is 0 Å². The van der Waals surface area contributed by atoms with Crippen LogP contribution in [0.3, 0.4) is 0 Å². The summed E-state index contributed by atoms with van der Waals surface area (Å²) in [5, 5.41) is 0. The fraction of sp³-hybridized carbons (Fsp3) is 0.818. The lowest BCUT2D eigenvalue weighted by Crippen LogP contribution is -2.13. The molecule has 0 aromatic heterocycles. The Labute approximate surface area is 90.9 Å². The van der Waals surface area contributed by atoms with Crippen molar-refractivity contribution in [2.45, 2.75) is 39.5 Å². The Morgan fingerprint density at radius 2 is 1.67 bits per heavy atom. The van der Waals surface area contributed by atoms with E-state index in [4.69, 9.17) is 9.47 Å². The van der Waals surface area contributed by atoms with Gasteiger partial charge in [-0.15, -0.1) is 0 Å². The predicted octanol–water partition coefficient (Wildman–Crippen LogP) is 1.72. The second-order valence-electron chi connectivity index (χ2n) is 3.30. The van der Waals surface area contributed by atoms with Crippen molar-refractivity contribution < 1.29 is 19.1 Å². The molecule has 4 nitrogen and oxygen atoms in total. The van der Waals surface area contributed by atoms with E-state index in [1.54, 1.807) is 0 Å². The van der Waals surface area contributed by atoms with Gasteiger partial charge >= 0.3 is 5.97 Å². The third-order valence-corrected chi connectivity index (χ3v) is 1.68. The molecule has 0 aliphatic carbocycles. The van der Waals surface area contributed by atoms with Gasteiger partial charge in [0.1, 0.15) is 12.2 Å². The summed E-state index contributed by atoms with van der Waals surface area (Å²) in [7, 11) is 0. The van der Waals surface area contributed by atoms with Crippen LogP contribution in [0.4, 0.5) is 0 Å². The number of ketones is 1. The largest absolute Gasteiger partial charge is 0.465 e. The Morgan fingerprint density at radius 1 is 1.00 bits per heavy atom. The van der Waals surface area contributed by atoms with Crippen molar-refractivity contribution in [1.82, 2.24) is 0 Å². The smallest absolute Gasteiger partial charge is 0.313 e. The van der Waals surface area contributed by atoms with Crippen LogP contribution in [0.15, 0.2) is 0 Å². The standard InChI is InChI=1S/C11H20O4/c1-3-6-14-8-5-10(12)9-11(13)15-7-4-2/h3-9H2,1-2H3. The minimum absolute atomic E-state index is 0.118. The average molecular weight is 216 g/mol. The van der Waals surface area contributed by atoms with Crippen LogP contribution in [-0.4, -0.2) is 31.6 Å². The molecule has 0 atom stereocenters. The van der Waals surface area contributed by atoms with E-state index in [-0.39, 0.29) is 12.2 Å². The molecule has 0 N–H and O–H groups in total. The summed E-state index contributed by atoms with van der Waals surface area (Å²) in [5.41, 5.74) is 0. The fourth-order valence-corrected chi connectivity index (χ4v) is 0.949. The van der Waals surface area contributed by atoms with Crippen molar-refractivity contribution >= 4 is 11.8 Å². The molecule has 0 fully saturated rings. The number of hydrogen-bond acceptors (Lipinski definition) is 4. The second kappa shape index (κ2) is 9.65. The van der Waals surface area contributed by atoms with Crippen molar-refractivity contribution in [2.24, 2.45) is 0 Å². The minimum Gasteiger partial charge on any atom is -0.465 e. The Morgan fingerprint density at radius 3 is 2.27 bits per heavy atom. The zero-order valence-electron chi connectivity index (χ0n) is 9.58. The van der Waals surface area contributed by atoms with Crippen molar-refractivity contribution in [2.75, 3.05) is 19.8 Å². The van der Waals surface area contributed by atoms with Gasteiger partial charge < -0.3 is 9.47 Å². The summed E-state index contributed by atoms with van der Waals surface area (Å²) in [4.78, 5) is 22.2. The summed E-state index contributed by atoms with van der Waals surface area (Å²) >= 11 is 0. The van der Waals surface area contributed by atoms with Crippen molar-refractivity contribution in [3.8, 4) is 0 Å². The zero-order chi connectivity index (χ0) is 11.5. The first-order chi connectivity index (χ1) is 7.20. The molecule has 0 saturated carbocycles. The van der Waals surface area contributed by atoms with E-state index < -0.39 is 5.97 Å². The molecule has 0 bridgehead atoms. The first-order valence-corrected chi connectivity index (χ1v) is 5.45. The highest BCUT2D eigenvalue weighted by molar-refractivity contribution is 5.95. The summed E-state index contributed by atoms with van der Waals surface area (Å²) < 4.78 is 9.93. The summed E-state index contributed by atoms with van der Waals surface area (Å²) in [6.45, 7) is 5.36. The lowest BCUT2D eigenvalue weighted by atomic mass is 10.2. The zero-order valence-corrected chi connectivity index (χ0v) is 9.58. The molecule has 0 spiro atoms.